The standard InChI is InChI=1S/C27H28Cl2N2O2/c1-3-30-27(33)19(2)31(18-22-14-15-23(28)16-25(22)29)26(32)17-24(20-10-6-4-7-11-20)21-12-8-5-9-13-21/h4-16,19,24H,3,17-18H2,1-2H3,(H,30,33)/t19-/m1/s1. The summed E-state index contributed by atoms with van der Waals surface area (Å²) in [7, 11) is 0. The summed E-state index contributed by atoms with van der Waals surface area (Å²) >= 11 is 12.4. The molecular weight excluding hydrogens is 455 g/mol. The molecule has 0 aliphatic heterocycles. The fourth-order valence-electron chi connectivity index (χ4n) is 3.83. The van der Waals surface area contributed by atoms with Crippen LogP contribution in [-0.4, -0.2) is 29.3 Å². The number of likely N-dealkylation sites (N-methyl/N-ethyl adjacent to an activating group) is 1. The van der Waals surface area contributed by atoms with E-state index in [2.05, 4.69) is 5.32 Å². The van der Waals surface area contributed by atoms with Crippen molar-refractivity contribution in [1.82, 2.24) is 10.2 Å². The summed E-state index contributed by atoms with van der Waals surface area (Å²) in [6, 6.07) is 24.4. The number of hydrogen-bond acceptors (Lipinski definition) is 2. The molecule has 0 bridgehead atoms. The maximum absolute atomic E-state index is 13.7. The van der Waals surface area contributed by atoms with Crippen LogP contribution in [0.1, 0.15) is 42.9 Å². The van der Waals surface area contributed by atoms with Crippen molar-refractivity contribution < 1.29 is 9.59 Å². The number of carbonyl (C=O) groups is 2. The molecule has 1 atom stereocenters. The van der Waals surface area contributed by atoms with Crippen molar-refractivity contribution in [1.29, 1.82) is 0 Å². The van der Waals surface area contributed by atoms with Crippen molar-refractivity contribution >= 4 is 35.0 Å². The molecule has 3 rings (SSSR count). The summed E-state index contributed by atoms with van der Waals surface area (Å²) in [6.45, 7) is 4.30. The van der Waals surface area contributed by atoms with E-state index in [4.69, 9.17) is 23.2 Å². The van der Waals surface area contributed by atoms with E-state index < -0.39 is 6.04 Å². The van der Waals surface area contributed by atoms with E-state index in [0.29, 0.717) is 16.6 Å². The number of nitrogens with one attached hydrogen (secondary N) is 1. The summed E-state index contributed by atoms with van der Waals surface area (Å²) in [6.07, 6.45) is 0.225. The first kappa shape index (κ1) is 24.8. The van der Waals surface area contributed by atoms with E-state index in [9.17, 15) is 9.59 Å². The molecule has 33 heavy (non-hydrogen) atoms. The smallest absolute Gasteiger partial charge is 0.242 e. The van der Waals surface area contributed by atoms with Gasteiger partial charge >= 0.3 is 0 Å². The van der Waals surface area contributed by atoms with Crippen LogP contribution in [0, 0.1) is 0 Å². The minimum atomic E-state index is -0.656. The van der Waals surface area contributed by atoms with Gasteiger partial charge in [0.15, 0.2) is 0 Å². The third kappa shape index (κ3) is 6.59. The Bertz CT molecular complexity index is 1030. The molecule has 0 spiro atoms. The molecule has 0 unspecified atom stereocenters. The minimum Gasteiger partial charge on any atom is -0.355 e. The lowest BCUT2D eigenvalue weighted by molar-refractivity contribution is -0.140. The normalized spacial score (nSPS) is 11.8. The van der Waals surface area contributed by atoms with E-state index in [1.165, 1.54) is 0 Å². The van der Waals surface area contributed by atoms with Gasteiger partial charge in [0.25, 0.3) is 0 Å². The van der Waals surface area contributed by atoms with Gasteiger partial charge in [-0.15, -0.1) is 0 Å². The van der Waals surface area contributed by atoms with Crippen LogP contribution in [-0.2, 0) is 16.1 Å². The molecule has 6 heteroatoms. The monoisotopic (exact) mass is 482 g/mol. The molecule has 172 valence electrons. The zero-order chi connectivity index (χ0) is 23.8. The first-order chi connectivity index (χ1) is 15.9. The van der Waals surface area contributed by atoms with Crippen LogP contribution in [0.3, 0.4) is 0 Å². The summed E-state index contributed by atoms with van der Waals surface area (Å²) < 4.78 is 0. The van der Waals surface area contributed by atoms with E-state index >= 15 is 0 Å². The van der Waals surface area contributed by atoms with E-state index in [0.717, 1.165) is 16.7 Å². The number of carbonyl (C=O) groups excluding carboxylic acids is 2. The van der Waals surface area contributed by atoms with Crippen LogP contribution >= 0.6 is 23.2 Å². The summed E-state index contributed by atoms with van der Waals surface area (Å²) in [4.78, 5) is 28.0. The van der Waals surface area contributed by atoms with Gasteiger partial charge in [-0.05, 0) is 42.7 Å². The average molecular weight is 483 g/mol. The number of rotatable bonds is 9. The topological polar surface area (TPSA) is 49.4 Å². The van der Waals surface area contributed by atoms with Gasteiger partial charge in [-0.2, -0.15) is 0 Å². The summed E-state index contributed by atoms with van der Waals surface area (Å²) in [5.41, 5.74) is 2.83. The molecule has 1 N–H and O–H groups in total. The molecule has 0 saturated heterocycles. The van der Waals surface area contributed by atoms with Crippen LogP contribution < -0.4 is 5.32 Å². The van der Waals surface area contributed by atoms with Crippen LogP contribution in [0.25, 0.3) is 0 Å². The van der Waals surface area contributed by atoms with Crippen molar-refractivity contribution in [3.8, 4) is 0 Å². The predicted octanol–water partition coefficient (Wildman–Crippen LogP) is 6.07. The van der Waals surface area contributed by atoms with Gasteiger partial charge in [-0.1, -0.05) is 89.9 Å². The molecule has 4 nitrogen and oxygen atoms in total. The van der Waals surface area contributed by atoms with Crippen LogP contribution in [0.2, 0.25) is 10.0 Å². The molecule has 0 fully saturated rings. The van der Waals surface area contributed by atoms with Crippen molar-refractivity contribution in [2.24, 2.45) is 0 Å². The molecule has 0 saturated carbocycles. The molecule has 3 aromatic rings. The van der Waals surface area contributed by atoms with Crippen LogP contribution in [0.4, 0.5) is 0 Å². The highest BCUT2D eigenvalue weighted by molar-refractivity contribution is 6.35. The molecule has 0 aliphatic carbocycles. The van der Waals surface area contributed by atoms with Gasteiger partial charge in [-0.3, -0.25) is 9.59 Å². The largest absolute Gasteiger partial charge is 0.355 e. The highest BCUT2D eigenvalue weighted by Crippen LogP contribution is 2.30. The Morgan fingerprint density at radius 2 is 1.48 bits per heavy atom. The van der Waals surface area contributed by atoms with Gasteiger partial charge in [0.05, 0.1) is 0 Å². The maximum atomic E-state index is 13.7. The molecule has 0 aromatic heterocycles. The fourth-order valence-corrected chi connectivity index (χ4v) is 4.30. The Morgan fingerprint density at radius 3 is 2.00 bits per heavy atom. The lowest BCUT2D eigenvalue weighted by atomic mass is 9.88. The lowest BCUT2D eigenvalue weighted by Gasteiger charge is -2.31. The van der Waals surface area contributed by atoms with Crippen molar-refractivity contribution in [2.45, 2.75) is 38.8 Å². The van der Waals surface area contributed by atoms with Crippen molar-refractivity contribution in [3.63, 3.8) is 0 Å². The first-order valence-electron chi connectivity index (χ1n) is 11.0. The molecule has 3 aromatic carbocycles. The Kier molecular flexibility index (Phi) is 8.93. The lowest BCUT2D eigenvalue weighted by Crippen LogP contribution is -2.47. The van der Waals surface area contributed by atoms with E-state index in [1.54, 1.807) is 30.0 Å². The zero-order valence-electron chi connectivity index (χ0n) is 18.8. The highest BCUT2D eigenvalue weighted by Gasteiger charge is 2.29. The second-order valence-corrected chi connectivity index (χ2v) is 8.75. The van der Waals surface area contributed by atoms with Crippen LogP contribution in [0.5, 0.6) is 0 Å². The first-order valence-corrected chi connectivity index (χ1v) is 11.8. The number of halogens is 2. The summed E-state index contributed by atoms with van der Waals surface area (Å²) in [5.74, 6) is -0.464. The van der Waals surface area contributed by atoms with Gasteiger partial charge in [0, 0.05) is 35.5 Å². The number of benzene rings is 3. The highest BCUT2D eigenvalue weighted by atomic mass is 35.5. The summed E-state index contributed by atoms with van der Waals surface area (Å²) in [5, 5.41) is 3.80. The van der Waals surface area contributed by atoms with Gasteiger partial charge < -0.3 is 10.2 Å². The second kappa shape index (κ2) is 11.9. The quantitative estimate of drug-likeness (QED) is 0.402. The van der Waals surface area contributed by atoms with E-state index in [1.807, 2.05) is 67.6 Å². The Morgan fingerprint density at radius 1 is 0.909 bits per heavy atom. The van der Waals surface area contributed by atoms with Gasteiger partial charge in [0.1, 0.15) is 6.04 Å². The second-order valence-electron chi connectivity index (χ2n) is 7.91. The Labute approximate surface area is 205 Å². The molecule has 2 amide bonds. The number of hydrogen-bond donors (Lipinski definition) is 1. The van der Waals surface area contributed by atoms with Gasteiger partial charge in [-0.25, -0.2) is 0 Å². The molecule has 0 heterocycles. The van der Waals surface area contributed by atoms with Crippen molar-refractivity contribution in [3.05, 3.63) is 106 Å². The Balaban J connectivity index is 1.93. The zero-order valence-corrected chi connectivity index (χ0v) is 20.3. The average Bonchev–Trinajstić information content (AvgIpc) is 2.82. The molecule has 0 aliphatic rings. The third-order valence-electron chi connectivity index (χ3n) is 5.66. The number of nitrogens with zero attached hydrogens (tertiary/aromatic N) is 1. The molecular formula is C27H28Cl2N2O2. The maximum Gasteiger partial charge on any atom is 0.242 e. The predicted molar refractivity (Wildman–Crippen MR) is 135 cm³/mol. The minimum absolute atomic E-state index is 0.127. The SMILES string of the molecule is CCNC(=O)[C@@H](C)N(Cc1ccc(Cl)cc1Cl)C(=O)CC(c1ccccc1)c1ccccc1. The van der Waals surface area contributed by atoms with Crippen LogP contribution in [0.15, 0.2) is 78.9 Å². The number of amides is 2. The third-order valence-corrected chi connectivity index (χ3v) is 6.24. The van der Waals surface area contributed by atoms with Gasteiger partial charge in [0.2, 0.25) is 11.8 Å². The molecule has 0 radical (unpaired) electrons. The fraction of sp³-hybridized carbons (Fsp3) is 0.259. The Hall–Kier alpha value is -2.82. The van der Waals surface area contributed by atoms with E-state index in [-0.39, 0.29) is 30.7 Å². The van der Waals surface area contributed by atoms with Crippen molar-refractivity contribution in [2.75, 3.05) is 6.54 Å².